The monoisotopic (exact) mass is 394 g/mol. The molecule has 3 rings (SSSR count). The summed E-state index contributed by atoms with van der Waals surface area (Å²) >= 11 is 0. The number of carbonyl (C=O) groups excluding carboxylic acids is 3. The predicted molar refractivity (Wildman–Crippen MR) is 94.6 cm³/mol. The van der Waals surface area contributed by atoms with Crippen molar-refractivity contribution in [2.24, 2.45) is 17.6 Å². The number of Topliss-reactive ketones (excluding diaryl/α,β-unsaturated/α-hetero) is 1. The topological polar surface area (TPSA) is 140 Å². The number of nitrogens with two attached hydrogens (primary N) is 1. The summed E-state index contributed by atoms with van der Waals surface area (Å²) in [6.07, 6.45) is 3.23. The van der Waals surface area contributed by atoms with Crippen molar-refractivity contribution in [3.63, 3.8) is 0 Å². The minimum atomic E-state index is -4.42. The lowest BCUT2D eigenvalue weighted by molar-refractivity contribution is -0.142. The molecule has 1 saturated carbocycles. The summed E-state index contributed by atoms with van der Waals surface area (Å²) in [6, 6.07) is 3.10. The molecule has 0 aromatic carbocycles. The van der Waals surface area contributed by atoms with E-state index in [4.69, 9.17) is 5.73 Å². The fourth-order valence-corrected chi connectivity index (χ4v) is 4.88. The fourth-order valence-electron chi connectivity index (χ4n) is 3.32. The van der Waals surface area contributed by atoms with Crippen molar-refractivity contribution < 1.29 is 22.8 Å². The van der Waals surface area contributed by atoms with E-state index in [1.54, 1.807) is 6.07 Å². The number of nitrogens with zero attached hydrogens (tertiary/aromatic N) is 2. The van der Waals surface area contributed by atoms with Gasteiger partial charge in [0, 0.05) is 6.20 Å². The summed E-state index contributed by atoms with van der Waals surface area (Å²) in [6.45, 7) is 0.493. The molecule has 1 saturated heterocycles. The van der Waals surface area contributed by atoms with Crippen LogP contribution < -0.4 is 11.1 Å². The van der Waals surface area contributed by atoms with E-state index >= 15 is 0 Å². The van der Waals surface area contributed by atoms with Crippen LogP contribution in [0.4, 0.5) is 0 Å². The van der Waals surface area contributed by atoms with Crippen molar-refractivity contribution >= 4 is 27.6 Å². The van der Waals surface area contributed by atoms with Gasteiger partial charge in [0.25, 0.3) is 10.0 Å². The first-order valence-corrected chi connectivity index (χ1v) is 10.3. The van der Waals surface area contributed by atoms with Crippen LogP contribution in [0.3, 0.4) is 0 Å². The third-order valence-electron chi connectivity index (χ3n) is 4.83. The molecule has 2 fully saturated rings. The Labute approximate surface area is 157 Å². The Morgan fingerprint density at radius 2 is 2.00 bits per heavy atom. The maximum Gasteiger partial charge on any atom is 0.284 e. The first-order valence-electron chi connectivity index (χ1n) is 8.86. The van der Waals surface area contributed by atoms with Gasteiger partial charge in [0.15, 0.2) is 10.8 Å². The second-order valence-electron chi connectivity index (χ2n) is 6.83. The highest BCUT2D eigenvalue weighted by Gasteiger charge is 2.48. The van der Waals surface area contributed by atoms with Crippen molar-refractivity contribution in [1.82, 2.24) is 14.6 Å². The lowest BCUT2D eigenvalue weighted by Crippen LogP contribution is -2.53. The number of amides is 2. The van der Waals surface area contributed by atoms with Crippen LogP contribution in [-0.2, 0) is 24.4 Å². The van der Waals surface area contributed by atoms with Gasteiger partial charge in [-0.1, -0.05) is 6.07 Å². The van der Waals surface area contributed by atoms with E-state index in [9.17, 15) is 22.8 Å². The Bertz CT molecular complexity index is 838. The van der Waals surface area contributed by atoms with Crippen LogP contribution in [0.1, 0.15) is 25.7 Å². The van der Waals surface area contributed by atoms with Gasteiger partial charge in [0.1, 0.15) is 12.0 Å². The number of carbonyl (C=O) groups is 3. The summed E-state index contributed by atoms with van der Waals surface area (Å²) in [5, 5.41) is 2.56. The highest BCUT2D eigenvalue weighted by Crippen LogP contribution is 2.39. The molecule has 0 radical (unpaired) electrons. The van der Waals surface area contributed by atoms with Crippen molar-refractivity contribution in [1.29, 1.82) is 0 Å². The molecule has 2 aliphatic rings. The molecule has 1 aromatic rings. The highest BCUT2D eigenvalue weighted by molar-refractivity contribution is 7.89. The van der Waals surface area contributed by atoms with Gasteiger partial charge < -0.3 is 11.1 Å². The Hall–Kier alpha value is -2.33. The van der Waals surface area contributed by atoms with Crippen molar-refractivity contribution in [2.45, 2.75) is 36.8 Å². The van der Waals surface area contributed by atoms with Crippen LogP contribution in [-0.4, -0.2) is 54.4 Å². The molecule has 27 heavy (non-hydrogen) atoms. The second kappa shape index (κ2) is 7.73. The lowest BCUT2D eigenvalue weighted by atomic mass is 10.00. The Kier molecular flexibility index (Phi) is 5.56. The minimum Gasteiger partial charge on any atom is -0.369 e. The molecule has 1 aromatic heterocycles. The van der Waals surface area contributed by atoms with E-state index < -0.39 is 39.6 Å². The number of pyridine rings is 1. The van der Waals surface area contributed by atoms with E-state index in [2.05, 4.69) is 10.3 Å². The van der Waals surface area contributed by atoms with Crippen molar-refractivity contribution in [3.8, 4) is 0 Å². The van der Waals surface area contributed by atoms with E-state index in [0.29, 0.717) is 30.1 Å². The van der Waals surface area contributed by atoms with Crippen LogP contribution in [0.15, 0.2) is 29.4 Å². The third-order valence-corrected chi connectivity index (χ3v) is 6.55. The quantitative estimate of drug-likeness (QED) is 0.616. The molecule has 146 valence electrons. The zero-order valence-corrected chi connectivity index (χ0v) is 15.5. The van der Waals surface area contributed by atoms with E-state index in [-0.39, 0.29) is 23.9 Å². The van der Waals surface area contributed by atoms with Crippen molar-refractivity contribution in [2.75, 3.05) is 13.1 Å². The molecule has 0 bridgehead atoms. The molecular weight excluding hydrogens is 372 g/mol. The first kappa shape index (κ1) is 19.4. The normalized spacial score (nSPS) is 21.9. The average molecular weight is 394 g/mol. The third kappa shape index (κ3) is 4.01. The Morgan fingerprint density at radius 3 is 2.59 bits per heavy atom. The molecular formula is C17H22N4O5S. The molecule has 2 amide bonds. The maximum absolute atomic E-state index is 13.2. The molecule has 1 aliphatic carbocycles. The number of nitrogens with one attached hydrogen (secondary N) is 1. The van der Waals surface area contributed by atoms with Gasteiger partial charge in [-0.05, 0) is 50.3 Å². The second-order valence-corrected chi connectivity index (χ2v) is 8.59. The van der Waals surface area contributed by atoms with Gasteiger partial charge in [-0.25, -0.2) is 9.29 Å². The zero-order valence-electron chi connectivity index (χ0n) is 14.7. The van der Waals surface area contributed by atoms with Crippen LogP contribution in [0.5, 0.6) is 0 Å². The first-order chi connectivity index (χ1) is 12.8. The molecule has 1 aliphatic heterocycles. The van der Waals surface area contributed by atoms with Gasteiger partial charge in [-0.15, -0.1) is 0 Å². The summed E-state index contributed by atoms with van der Waals surface area (Å²) in [7, 11) is -4.42. The summed E-state index contributed by atoms with van der Waals surface area (Å²) in [4.78, 5) is 41.5. The molecule has 2 heterocycles. The number of sulfonamides is 1. The number of ketones is 1. The average Bonchev–Trinajstić information content (AvgIpc) is 3.46. The molecule has 2 atom stereocenters. The number of aromatic nitrogens is 1. The predicted octanol–water partition coefficient (Wildman–Crippen LogP) is -0.568. The van der Waals surface area contributed by atoms with Gasteiger partial charge in [0.2, 0.25) is 11.8 Å². The summed E-state index contributed by atoms with van der Waals surface area (Å²) < 4.78 is 27.0. The number of rotatable bonds is 6. The lowest BCUT2D eigenvalue weighted by Gasteiger charge is -2.31. The Morgan fingerprint density at radius 1 is 1.26 bits per heavy atom. The highest BCUT2D eigenvalue weighted by atomic mass is 32.2. The van der Waals surface area contributed by atoms with Crippen LogP contribution in [0.2, 0.25) is 0 Å². The van der Waals surface area contributed by atoms with Crippen LogP contribution in [0.25, 0.3) is 0 Å². The van der Waals surface area contributed by atoms with Crippen molar-refractivity contribution in [3.05, 3.63) is 24.4 Å². The summed E-state index contributed by atoms with van der Waals surface area (Å²) in [5.74, 6) is -3.76. The maximum atomic E-state index is 13.2. The number of primary amides is 1. The number of hydrogen-bond acceptors (Lipinski definition) is 7. The SMILES string of the molecule is NC(=O)C(C(=O)N([C@H]1CCCNCC1=O)S(=O)(=O)c1ccccn1)C1CC1. The molecule has 10 heteroatoms. The minimum absolute atomic E-state index is 0.0448. The van der Waals surface area contributed by atoms with Gasteiger partial charge >= 0.3 is 0 Å². The van der Waals surface area contributed by atoms with E-state index in [0.717, 1.165) is 0 Å². The van der Waals surface area contributed by atoms with Gasteiger partial charge in [0.05, 0.1) is 6.54 Å². The molecule has 9 nitrogen and oxygen atoms in total. The van der Waals surface area contributed by atoms with E-state index in [1.807, 2.05) is 0 Å². The largest absolute Gasteiger partial charge is 0.369 e. The molecule has 0 spiro atoms. The number of hydrogen-bond donors (Lipinski definition) is 2. The van der Waals surface area contributed by atoms with Gasteiger partial charge in [-0.3, -0.25) is 14.4 Å². The van der Waals surface area contributed by atoms with E-state index in [1.165, 1.54) is 18.3 Å². The standard InChI is InChI=1S/C17H22N4O5S/c18-16(23)15(11-6-7-11)17(24)21(12-4-3-8-19-10-13(12)22)27(25,26)14-5-1-2-9-20-14/h1-2,5,9,11-12,15,19H,3-4,6-8,10H2,(H2,18,23)/t12-,15?/m0/s1. The fraction of sp³-hybridized carbons (Fsp3) is 0.529. The molecule has 3 N–H and O–H groups in total. The zero-order chi connectivity index (χ0) is 19.6. The smallest absolute Gasteiger partial charge is 0.284 e. The Balaban J connectivity index is 2.07. The summed E-state index contributed by atoms with van der Waals surface area (Å²) in [5.41, 5.74) is 5.40. The van der Waals surface area contributed by atoms with Gasteiger partial charge in [-0.2, -0.15) is 8.42 Å². The molecule has 1 unspecified atom stereocenters. The van der Waals surface area contributed by atoms with Crippen LogP contribution >= 0.6 is 0 Å². The van der Waals surface area contributed by atoms with Crippen LogP contribution in [0, 0.1) is 11.8 Å².